The first-order valence-corrected chi connectivity index (χ1v) is 10.3. The van der Waals surface area contributed by atoms with Crippen molar-refractivity contribution in [2.24, 2.45) is 13.0 Å². The predicted molar refractivity (Wildman–Crippen MR) is 108 cm³/mol. The Morgan fingerprint density at radius 1 is 1.14 bits per heavy atom. The van der Waals surface area contributed by atoms with Crippen LogP contribution in [0.5, 0.6) is 11.5 Å². The molecule has 1 N–H and O–H groups in total. The molecule has 0 bridgehead atoms. The summed E-state index contributed by atoms with van der Waals surface area (Å²) in [5.41, 5.74) is 1.21. The number of benzene rings is 1. The maximum Gasteiger partial charge on any atom is 0.161 e. The van der Waals surface area contributed by atoms with Crippen LogP contribution in [0.25, 0.3) is 0 Å². The molecule has 1 fully saturated rings. The van der Waals surface area contributed by atoms with Gasteiger partial charge in [-0.2, -0.15) is 0 Å². The van der Waals surface area contributed by atoms with Crippen molar-refractivity contribution in [1.29, 1.82) is 0 Å². The summed E-state index contributed by atoms with van der Waals surface area (Å²) in [7, 11) is 4.22. The number of fused-ring (bicyclic) bond motifs is 1. The summed E-state index contributed by atoms with van der Waals surface area (Å²) in [6, 6.07) is 6.46. The van der Waals surface area contributed by atoms with Gasteiger partial charge in [0.15, 0.2) is 11.5 Å². The van der Waals surface area contributed by atoms with E-state index >= 15 is 0 Å². The van der Waals surface area contributed by atoms with Crippen molar-refractivity contribution in [1.82, 2.24) is 25.0 Å². The number of nitrogens with zero attached hydrogens (tertiary/aromatic N) is 4. The lowest BCUT2D eigenvalue weighted by Crippen LogP contribution is -2.29. The van der Waals surface area contributed by atoms with Crippen molar-refractivity contribution in [3.63, 3.8) is 0 Å². The molecule has 7 nitrogen and oxygen atoms in total. The third kappa shape index (κ3) is 4.15. The van der Waals surface area contributed by atoms with E-state index < -0.39 is 0 Å². The summed E-state index contributed by atoms with van der Waals surface area (Å²) >= 11 is 0. The number of aromatic nitrogens is 3. The third-order valence-electron chi connectivity index (χ3n) is 6.09. The van der Waals surface area contributed by atoms with Crippen LogP contribution in [0, 0.1) is 5.92 Å². The van der Waals surface area contributed by atoms with Crippen LogP contribution in [0.2, 0.25) is 0 Å². The molecule has 1 atom stereocenters. The second-order valence-electron chi connectivity index (χ2n) is 7.98. The van der Waals surface area contributed by atoms with Crippen LogP contribution in [-0.2, 0) is 20.0 Å². The van der Waals surface area contributed by atoms with E-state index in [1.165, 1.54) is 18.4 Å². The molecule has 0 saturated carbocycles. The highest BCUT2D eigenvalue weighted by atomic mass is 16.6. The Morgan fingerprint density at radius 3 is 2.64 bits per heavy atom. The molecule has 0 amide bonds. The highest BCUT2D eigenvalue weighted by molar-refractivity contribution is 5.44. The van der Waals surface area contributed by atoms with E-state index in [1.807, 2.05) is 6.07 Å². The van der Waals surface area contributed by atoms with Crippen molar-refractivity contribution in [2.75, 3.05) is 33.4 Å². The highest BCUT2D eigenvalue weighted by Gasteiger charge is 2.21. The van der Waals surface area contributed by atoms with Crippen molar-refractivity contribution in [2.45, 2.75) is 38.8 Å². The quantitative estimate of drug-likeness (QED) is 0.823. The first kappa shape index (κ1) is 19.2. The topological polar surface area (TPSA) is 64.4 Å². The van der Waals surface area contributed by atoms with E-state index in [1.54, 1.807) is 0 Å². The molecule has 2 aromatic rings. The minimum absolute atomic E-state index is 0.236. The Labute approximate surface area is 167 Å². The second-order valence-corrected chi connectivity index (χ2v) is 7.98. The molecule has 0 spiro atoms. The van der Waals surface area contributed by atoms with Gasteiger partial charge in [0.1, 0.15) is 24.9 Å². The van der Waals surface area contributed by atoms with E-state index in [-0.39, 0.29) is 6.04 Å². The molecule has 152 valence electrons. The number of hydrogen-bond donors (Lipinski definition) is 1. The molecule has 2 aliphatic rings. The molecule has 0 unspecified atom stereocenters. The van der Waals surface area contributed by atoms with Crippen LogP contribution in [0.1, 0.15) is 43.0 Å². The van der Waals surface area contributed by atoms with Gasteiger partial charge in [-0.25, -0.2) is 0 Å². The molecule has 7 heteroatoms. The Balaban J connectivity index is 1.41. The first-order chi connectivity index (χ1) is 13.6. The summed E-state index contributed by atoms with van der Waals surface area (Å²) in [6.45, 7) is 6.42. The van der Waals surface area contributed by atoms with E-state index in [4.69, 9.17) is 9.47 Å². The number of piperidine rings is 1. The number of hydrogen-bond acceptors (Lipinski definition) is 6. The lowest BCUT2D eigenvalue weighted by atomic mass is 9.94. The molecule has 3 heterocycles. The smallest absolute Gasteiger partial charge is 0.161 e. The molecule has 4 rings (SSSR count). The average molecular weight is 386 g/mol. The summed E-state index contributed by atoms with van der Waals surface area (Å²) < 4.78 is 13.5. The monoisotopic (exact) mass is 385 g/mol. The molecule has 1 saturated heterocycles. The largest absolute Gasteiger partial charge is 0.486 e. The molecule has 2 aliphatic heterocycles. The van der Waals surface area contributed by atoms with Crippen LogP contribution in [0.15, 0.2) is 18.2 Å². The molecular weight excluding hydrogens is 354 g/mol. The van der Waals surface area contributed by atoms with Crippen LogP contribution >= 0.6 is 0 Å². The zero-order valence-corrected chi connectivity index (χ0v) is 17.1. The zero-order valence-electron chi connectivity index (χ0n) is 17.1. The van der Waals surface area contributed by atoms with E-state index in [0.717, 1.165) is 49.2 Å². The Morgan fingerprint density at radius 2 is 1.86 bits per heavy atom. The Hall–Kier alpha value is -2.12. The minimum atomic E-state index is 0.236. The average Bonchev–Trinajstić information content (AvgIpc) is 3.07. The highest BCUT2D eigenvalue weighted by Crippen LogP contribution is 2.34. The van der Waals surface area contributed by atoms with Crippen LogP contribution in [-0.4, -0.2) is 53.0 Å². The van der Waals surface area contributed by atoms with Crippen molar-refractivity contribution < 1.29 is 9.47 Å². The van der Waals surface area contributed by atoms with Crippen molar-refractivity contribution in [3.05, 3.63) is 35.4 Å². The van der Waals surface area contributed by atoms with Gasteiger partial charge >= 0.3 is 0 Å². The third-order valence-corrected chi connectivity index (χ3v) is 6.09. The summed E-state index contributed by atoms with van der Waals surface area (Å²) in [5, 5.41) is 12.4. The SMILES string of the molecule is C[C@@H](c1ccc2c(c1)OCCO2)N(C)Cc1nnc(CC2CCNCC2)n1C. The maximum absolute atomic E-state index is 5.73. The van der Waals surface area contributed by atoms with E-state index in [2.05, 4.69) is 58.1 Å². The maximum atomic E-state index is 5.73. The molecular formula is C21H31N5O2. The Bertz CT molecular complexity index is 800. The molecule has 0 radical (unpaired) electrons. The number of nitrogens with one attached hydrogen (secondary N) is 1. The molecule has 1 aromatic carbocycles. The van der Waals surface area contributed by atoms with Crippen LogP contribution in [0.4, 0.5) is 0 Å². The standard InChI is InChI=1S/C21H31N5O2/c1-15(17-4-5-18-19(13-17)28-11-10-27-18)25(2)14-21-24-23-20(26(21)3)12-16-6-8-22-9-7-16/h4-5,13,15-16,22H,6-12,14H2,1-3H3/t15-/m0/s1. The van der Waals surface area contributed by atoms with Gasteiger partial charge < -0.3 is 19.4 Å². The fourth-order valence-electron chi connectivity index (χ4n) is 3.99. The van der Waals surface area contributed by atoms with Gasteiger partial charge in [0.2, 0.25) is 0 Å². The van der Waals surface area contributed by atoms with Crippen molar-refractivity contribution >= 4 is 0 Å². The van der Waals surface area contributed by atoms with Crippen molar-refractivity contribution in [3.8, 4) is 11.5 Å². The molecule has 28 heavy (non-hydrogen) atoms. The van der Waals surface area contributed by atoms with Gasteiger partial charge in [0.25, 0.3) is 0 Å². The van der Waals surface area contributed by atoms with Gasteiger partial charge in [0, 0.05) is 19.5 Å². The summed E-state index contributed by atoms with van der Waals surface area (Å²) in [4.78, 5) is 2.30. The van der Waals surface area contributed by atoms with E-state index in [9.17, 15) is 0 Å². The Kier molecular flexibility index (Phi) is 5.82. The van der Waals surface area contributed by atoms with Gasteiger partial charge in [0.05, 0.1) is 6.54 Å². The number of rotatable bonds is 6. The predicted octanol–water partition coefficient (Wildman–Crippen LogP) is 2.32. The van der Waals surface area contributed by atoms with Gasteiger partial charge in [-0.05, 0) is 63.5 Å². The first-order valence-electron chi connectivity index (χ1n) is 10.3. The summed E-state index contributed by atoms with van der Waals surface area (Å²) in [6.07, 6.45) is 3.47. The summed E-state index contributed by atoms with van der Waals surface area (Å²) in [5.74, 6) is 4.50. The fraction of sp³-hybridized carbons (Fsp3) is 0.619. The van der Waals surface area contributed by atoms with E-state index in [0.29, 0.717) is 19.1 Å². The second kappa shape index (κ2) is 8.49. The lowest BCUT2D eigenvalue weighted by Gasteiger charge is -2.26. The van der Waals surface area contributed by atoms with Gasteiger partial charge in [-0.3, -0.25) is 4.90 Å². The van der Waals surface area contributed by atoms with Crippen LogP contribution in [0.3, 0.4) is 0 Å². The molecule has 1 aromatic heterocycles. The number of ether oxygens (including phenoxy) is 2. The zero-order chi connectivity index (χ0) is 19.5. The molecule has 0 aliphatic carbocycles. The van der Waals surface area contributed by atoms with Gasteiger partial charge in [-0.15, -0.1) is 10.2 Å². The lowest BCUT2D eigenvalue weighted by molar-refractivity contribution is 0.170. The van der Waals surface area contributed by atoms with Crippen LogP contribution < -0.4 is 14.8 Å². The normalized spacial score (nSPS) is 18.4. The van der Waals surface area contributed by atoms with Gasteiger partial charge in [-0.1, -0.05) is 6.07 Å². The minimum Gasteiger partial charge on any atom is -0.486 e. The fourth-order valence-corrected chi connectivity index (χ4v) is 3.99.